The Bertz CT molecular complexity index is 839. The van der Waals surface area contributed by atoms with Crippen molar-refractivity contribution in [3.63, 3.8) is 0 Å². The van der Waals surface area contributed by atoms with Crippen molar-refractivity contribution in [3.8, 4) is 11.1 Å². The number of piperidine rings is 1. The molecule has 5 heteroatoms. The molecule has 27 heavy (non-hydrogen) atoms. The average Bonchev–Trinajstić information content (AvgIpc) is 3.48. The first-order valence-corrected chi connectivity index (χ1v) is 11.2. The molecular formula is C22H26N2O2S. The summed E-state index contributed by atoms with van der Waals surface area (Å²) >= 11 is 0. The lowest BCUT2D eigenvalue weighted by atomic mass is 9.95. The van der Waals surface area contributed by atoms with Gasteiger partial charge in [-0.1, -0.05) is 54.6 Å². The molecular weight excluding hydrogens is 356 g/mol. The maximum Gasteiger partial charge on any atom is 0.226 e. The fourth-order valence-corrected chi connectivity index (χ4v) is 4.92. The van der Waals surface area contributed by atoms with E-state index in [2.05, 4.69) is 53.3 Å². The van der Waals surface area contributed by atoms with Crippen LogP contribution >= 0.6 is 0 Å². The summed E-state index contributed by atoms with van der Waals surface area (Å²) in [6, 6.07) is 19.0. The molecule has 1 saturated carbocycles. The third kappa shape index (κ3) is 4.14. The molecule has 1 saturated heterocycles. The summed E-state index contributed by atoms with van der Waals surface area (Å²) in [5, 5.41) is 0. The van der Waals surface area contributed by atoms with Gasteiger partial charge in [-0.15, -0.1) is 0 Å². The Balaban J connectivity index is 1.47. The molecule has 0 bridgehead atoms. The molecule has 142 valence electrons. The molecule has 1 aliphatic heterocycles. The van der Waals surface area contributed by atoms with E-state index < -0.39 is 11.0 Å². The summed E-state index contributed by atoms with van der Waals surface area (Å²) in [6.07, 6.45) is 4.53. The van der Waals surface area contributed by atoms with Crippen molar-refractivity contribution in [1.82, 2.24) is 9.62 Å². The van der Waals surface area contributed by atoms with E-state index in [1.165, 1.54) is 16.7 Å². The standard InChI is InChI=1S/C22H26N2O2S/c1-27(26)23-17-10-7-13-24(15-17)22(25)21-14-20(21)19-12-6-5-11-18(19)16-8-3-2-4-9-16/h2-6,8-9,11-12,17,20-21,23H,7,10,13-15H2,1H3. The van der Waals surface area contributed by atoms with Crippen LogP contribution in [-0.2, 0) is 15.8 Å². The second kappa shape index (κ2) is 7.95. The number of nitrogens with zero attached hydrogens (tertiary/aromatic N) is 1. The van der Waals surface area contributed by atoms with Crippen LogP contribution in [0.1, 0.15) is 30.7 Å². The minimum Gasteiger partial charge on any atom is -0.341 e. The van der Waals surface area contributed by atoms with Crippen molar-refractivity contribution < 1.29 is 9.00 Å². The lowest BCUT2D eigenvalue weighted by Gasteiger charge is -2.33. The van der Waals surface area contributed by atoms with Crippen LogP contribution in [0.3, 0.4) is 0 Å². The Morgan fingerprint density at radius 2 is 1.85 bits per heavy atom. The topological polar surface area (TPSA) is 49.4 Å². The van der Waals surface area contributed by atoms with E-state index in [1.807, 2.05) is 11.0 Å². The number of hydrogen-bond donors (Lipinski definition) is 1. The predicted molar refractivity (Wildman–Crippen MR) is 110 cm³/mol. The Labute approximate surface area is 163 Å². The molecule has 4 unspecified atom stereocenters. The summed E-state index contributed by atoms with van der Waals surface area (Å²) in [7, 11) is -1.04. The molecule has 1 aliphatic carbocycles. The van der Waals surface area contributed by atoms with Crippen LogP contribution in [0.2, 0.25) is 0 Å². The Morgan fingerprint density at radius 3 is 2.63 bits per heavy atom. The second-order valence-electron chi connectivity index (χ2n) is 7.60. The molecule has 0 spiro atoms. The molecule has 2 fully saturated rings. The van der Waals surface area contributed by atoms with Gasteiger partial charge in [0.2, 0.25) is 5.91 Å². The molecule has 2 aliphatic rings. The van der Waals surface area contributed by atoms with E-state index in [0.29, 0.717) is 12.5 Å². The summed E-state index contributed by atoms with van der Waals surface area (Å²) in [4.78, 5) is 15.0. The summed E-state index contributed by atoms with van der Waals surface area (Å²) in [6.45, 7) is 1.49. The maximum atomic E-state index is 13.0. The largest absolute Gasteiger partial charge is 0.341 e. The number of carbonyl (C=O) groups is 1. The molecule has 4 nitrogen and oxygen atoms in total. The van der Waals surface area contributed by atoms with Crippen LogP contribution in [-0.4, -0.2) is 40.4 Å². The minimum absolute atomic E-state index is 0.0840. The fourth-order valence-electron chi connectivity index (χ4n) is 4.26. The van der Waals surface area contributed by atoms with Gasteiger partial charge in [-0.05, 0) is 41.9 Å². The zero-order valence-corrected chi connectivity index (χ0v) is 16.5. The van der Waals surface area contributed by atoms with Crippen LogP contribution < -0.4 is 4.72 Å². The molecule has 0 radical (unpaired) electrons. The molecule has 4 atom stereocenters. The first-order valence-electron chi connectivity index (χ1n) is 9.66. The molecule has 1 heterocycles. The van der Waals surface area contributed by atoms with Crippen LogP contribution in [0.4, 0.5) is 0 Å². The first-order chi connectivity index (χ1) is 13.1. The normalized spacial score (nSPS) is 25.8. The molecule has 1 N–H and O–H groups in total. The maximum absolute atomic E-state index is 13.0. The van der Waals surface area contributed by atoms with Gasteiger partial charge in [0.25, 0.3) is 0 Å². The second-order valence-corrected chi connectivity index (χ2v) is 8.74. The SMILES string of the molecule is CS(=O)NC1CCCN(C(=O)C2CC2c2ccccc2-c2ccccc2)C1. The highest BCUT2D eigenvalue weighted by molar-refractivity contribution is 7.82. The van der Waals surface area contributed by atoms with Gasteiger partial charge >= 0.3 is 0 Å². The van der Waals surface area contributed by atoms with Crippen molar-refractivity contribution >= 4 is 16.9 Å². The lowest BCUT2D eigenvalue weighted by molar-refractivity contribution is -0.133. The van der Waals surface area contributed by atoms with E-state index >= 15 is 0 Å². The third-order valence-electron chi connectivity index (χ3n) is 5.62. The van der Waals surface area contributed by atoms with Gasteiger partial charge in [-0.3, -0.25) is 4.79 Å². The van der Waals surface area contributed by atoms with Crippen molar-refractivity contribution in [2.45, 2.75) is 31.2 Å². The number of likely N-dealkylation sites (tertiary alicyclic amines) is 1. The lowest BCUT2D eigenvalue weighted by Crippen LogP contribution is -2.48. The summed E-state index contributed by atoms with van der Waals surface area (Å²) in [5.74, 6) is 0.652. The van der Waals surface area contributed by atoms with Crippen molar-refractivity contribution in [2.24, 2.45) is 5.92 Å². The molecule has 0 aromatic heterocycles. The Morgan fingerprint density at radius 1 is 1.11 bits per heavy atom. The van der Waals surface area contributed by atoms with Gasteiger partial charge in [-0.25, -0.2) is 8.93 Å². The number of carbonyl (C=O) groups excluding carboxylic acids is 1. The van der Waals surface area contributed by atoms with Crippen molar-refractivity contribution in [1.29, 1.82) is 0 Å². The third-order valence-corrected chi connectivity index (χ3v) is 6.28. The van der Waals surface area contributed by atoms with E-state index in [1.54, 1.807) is 6.26 Å². The zero-order chi connectivity index (χ0) is 18.8. The molecule has 4 rings (SSSR count). The molecule has 2 aromatic rings. The van der Waals surface area contributed by atoms with E-state index in [9.17, 15) is 9.00 Å². The minimum atomic E-state index is -1.04. The van der Waals surface area contributed by atoms with Gasteiger partial charge in [0.15, 0.2) is 0 Å². The van der Waals surface area contributed by atoms with Gasteiger partial charge in [0.1, 0.15) is 0 Å². The van der Waals surface area contributed by atoms with Crippen LogP contribution in [0.25, 0.3) is 11.1 Å². The highest BCUT2D eigenvalue weighted by atomic mass is 32.2. The number of benzene rings is 2. The van der Waals surface area contributed by atoms with Gasteiger partial charge in [0, 0.05) is 31.3 Å². The quantitative estimate of drug-likeness (QED) is 0.862. The highest BCUT2D eigenvalue weighted by Gasteiger charge is 2.47. The van der Waals surface area contributed by atoms with Gasteiger partial charge in [0.05, 0.1) is 11.0 Å². The van der Waals surface area contributed by atoms with E-state index in [4.69, 9.17) is 0 Å². The number of hydrogen-bond acceptors (Lipinski definition) is 2. The Kier molecular flexibility index (Phi) is 5.41. The van der Waals surface area contributed by atoms with Crippen LogP contribution in [0.5, 0.6) is 0 Å². The smallest absolute Gasteiger partial charge is 0.226 e. The number of amides is 1. The average molecular weight is 383 g/mol. The number of rotatable bonds is 5. The number of nitrogens with one attached hydrogen (secondary N) is 1. The Hall–Kier alpha value is -1.98. The molecule has 1 amide bonds. The zero-order valence-electron chi connectivity index (χ0n) is 15.6. The van der Waals surface area contributed by atoms with E-state index in [-0.39, 0.29) is 17.9 Å². The highest BCUT2D eigenvalue weighted by Crippen LogP contribution is 2.51. The van der Waals surface area contributed by atoms with Gasteiger partial charge in [-0.2, -0.15) is 0 Å². The predicted octanol–water partition coefficient (Wildman–Crippen LogP) is 3.33. The first kappa shape index (κ1) is 18.4. The van der Waals surface area contributed by atoms with Crippen molar-refractivity contribution in [2.75, 3.05) is 19.3 Å². The van der Waals surface area contributed by atoms with Gasteiger partial charge < -0.3 is 4.90 Å². The van der Waals surface area contributed by atoms with Crippen molar-refractivity contribution in [3.05, 3.63) is 60.2 Å². The van der Waals surface area contributed by atoms with Crippen LogP contribution in [0, 0.1) is 5.92 Å². The fraction of sp³-hybridized carbons (Fsp3) is 0.409. The summed E-state index contributed by atoms with van der Waals surface area (Å²) in [5.41, 5.74) is 3.72. The van der Waals surface area contributed by atoms with E-state index in [0.717, 1.165) is 25.8 Å². The molecule has 2 aromatic carbocycles. The summed E-state index contributed by atoms with van der Waals surface area (Å²) < 4.78 is 14.5. The monoisotopic (exact) mass is 382 g/mol. The van der Waals surface area contributed by atoms with Crippen LogP contribution in [0.15, 0.2) is 54.6 Å².